The largest absolute Gasteiger partial charge is 0.316 e. The summed E-state index contributed by atoms with van der Waals surface area (Å²) >= 11 is 1.41. The fourth-order valence-electron chi connectivity index (χ4n) is 1.81. The molecule has 0 unspecified atom stereocenters. The van der Waals surface area contributed by atoms with Gasteiger partial charge in [-0.1, -0.05) is 0 Å². The molecule has 110 valence electrons. The van der Waals surface area contributed by atoms with Crippen molar-refractivity contribution in [2.45, 2.75) is 31.0 Å². The molecule has 0 saturated carbocycles. The molecule has 2 heterocycles. The van der Waals surface area contributed by atoms with E-state index in [0.717, 1.165) is 0 Å². The first-order valence-electron chi connectivity index (χ1n) is 5.97. The predicted octanol–water partition coefficient (Wildman–Crippen LogP) is 0.799. The van der Waals surface area contributed by atoms with E-state index in [-0.39, 0.29) is 5.03 Å². The van der Waals surface area contributed by atoms with Gasteiger partial charge < -0.3 is 5.32 Å². The highest BCUT2D eigenvalue weighted by atomic mass is 32.2. The normalized spacial score (nSPS) is 12.8. The van der Waals surface area contributed by atoms with Gasteiger partial charge in [0.2, 0.25) is 0 Å². The summed E-state index contributed by atoms with van der Waals surface area (Å²) in [5, 5.41) is 11.9. The third-order valence-electron chi connectivity index (χ3n) is 2.67. The smallest absolute Gasteiger partial charge is 0.258 e. The van der Waals surface area contributed by atoms with Crippen LogP contribution in [-0.2, 0) is 22.1 Å². The fraction of sp³-hybridized carbons (Fsp3) is 0.455. The lowest BCUT2D eigenvalue weighted by Gasteiger charge is -2.23. The van der Waals surface area contributed by atoms with Crippen LogP contribution in [0.1, 0.15) is 24.4 Å². The molecule has 3 N–H and O–H groups in total. The molecule has 0 aliphatic rings. The molecule has 7 nitrogen and oxygen atoms in total. The summed E-state index contributed by atoms with van der Waals surface area (Å²) in [6.45, 7) is 3.97. The SMILES string of the molecule is CNCc1cn[nH]c1S(=O)(=O)NC(C)(C)c1nccs1. The van der Waals surface area contributed by atoms with Gasteiger partial charge in [-0.05, 0) is 20.9 Å². The first kappa shape index (κ1) is 15.1. The molecule has 0 fully saturated rings. The molecule has 2 aromatic rings. The minimum atomic E-state index is -3.69. The van der Waals surface area contributed by atoms with E-state index in [9.17, 15) is 8.42 Å². The van der Waals surface area contributed by atoms with Gasteiger partial charge >= 0.3 is 0 Å². The van der Waals surface area contributed by atoms with Gasteiger partial charge in [0, 0.05) is 23.7 Å². The molecule has 0 atom stereocenters. The second-order valence-electron chi connectivity index (χ2n) is 4.82. The molecule has 2 rings (SSSR count). The molecular weight excluding hydrogens is 298 g/mol. The summed E-state index contributed by atoms with van der Waals surface area (Å²) in [4.78, 5) is 4.17. The van der Waals surface area contributed by atoms with Gasteiger partial charge in [-0.25, -0.2) is 13.4 Å². The Morgan fingerprint density at radius 1 is 1.45 bits per heavy atom. The zero-order chi connectivity index (χ0) is 14.8. The fourth-order valence-corrected chi connectivity index (χ4v) is 4.11. The maximum Gasteiger partial charge on any atom is 0.258 e. The maximum absolute atomic E-state index is 12.5. The Labute approximate surface area is 121 Å². The van der Waals surface area contributed by atoms with Crippen molar-refractivity contribution in [2.75, 3.05) is 7.05 Å². The van der Waals surface area contributed by atoms with Crippen LogP contribution < -0.4 is 10.0 Å². The van der Waals surface area contributed by atoms with Gasteiger partial charge in [0.25, 0.3) is 10.0 Å². The molecule has 0 spiro atoms. The summed E-state index contributed by atoms with van der Waals surface area (Å²) in [5.74, 6) is 0. The maximum atomic E-state index is 12.5. The molecule has 9 heteroatoms. The van der Waals surface area contributed by atoms with Crippen LogP contribution in [0.5, 0.6) is 0 Å². The number of hydrogen-bond donors (Lipinski definition) is 3. The van der Waals surface area contributed by atoms with E-state index in [1.807, 2.05) is 5.38 Å². The van der Waals surface area contributed by atoms with Crippen LogP contribution in [0.15, 0.2) is 22.8 Å². The van der Waals surface area contributed by atoms with Crippen molar-refractivity contribution in [3.8, 4) is 0 Å². The van der Waals surface area contributed by atoms with Gasteiger partial charge in [-0.2, -0.15) is 9.82 Å². The molecule has 0 saturated heterocycles. The molecule has 0 bridgehead atoms. The first-order chi connectivity index (χ1) is 9.37. The minimum Gasteiger partial charge on any atom is -0.316 e. The monoisotopic (exact) mass is 315 g/mol. The molecule has 0 aliphatic carbocycles. The van der Waals surface area contributed by atoms with Crippen molar-refractivity contribution in [2.24, 2.45) is 0 Å². The highest BCUT2D eigenvalue weighted by molar-refractivity contribution is 7.89. The van der Waals surface area contributed by atoms with E-state index in [2.05, 4.69) is 25.2 Å². The van der Waals surface area contributed by atoms with E-state index < -0.39 is 15.6 Å². The second kappa shape index (κ2) is 5.60. The van der Waals surface area contributed by atoms with Crippen LogP contribution in [-0.4, -0.2) is 30.6 Å². The van der Waals surface area contributed by atoms with Crippen molar-refractivity contribution in [3.05, 3.63) is 28.3 Å². The zero-order valence-electron chi connectivity index (χ0n) is 11.5. The van der Waals surface area contributed by atoms with Crippen molar-refractivity contribution < 1.29 is 8.42 Å². The van der Waals surface area contributed by atoms with Gasteiger partial charge in [0.05, 0.1) is 11.7 Å². The number of H-pyrrole nitrogens is 1. The van der Waals surface area contributed by atoms with Crippen LogP contribution >= 0.6 is 11.3 Å². The zero-order valence-corrected chi connectivity index (χ0v) is 13.1. The Morgan fingerprint density at radius 3 is 2.80 bits per heavy atom. The topological polar surface area (TPSA) is 99.8 Å². The average molecular weight is 315 g/mol. The van der Waals surface area contributed by atoms with Gasteiger partial charge in [-0.3, -0.25) is 5.10 Å². The van der Waals surface area contributed by atoms with E-state index in [0.29, 0.717) is 17.1 Å². The number of aromatic amines is 1. The van der Waals surface area contributed by atoms with E-state index in [4.69, 9.17) is 0 Å². The highest BCUT2D eigenvalue weighted by Gasteiger charge is 2.32. The Morgan fingerprint density at radius 2 is 2.20 bits per heavy atom. The van der Waals surface area contributed by atoms with Crippen LogP contribution in [0.3, 0.4) is 0 Å². The standard InChI is InChI=1S/C11H17N5O2S2/c1-11(2,10-13-4-5-19-10)16-20(17,18)9-8(6-12-3)7-14-15-9/h4-5,7,12,16H,6H2,1-3H3,(H,14,15). The molecule has 0 radical (unpaired) electrons. The number of aromatic nitrogens is 3. The van der Waals surface area contributed by atoms with Gasteiger partial charge in [0.15, 0.2) is 5.03 Å². The predicted molar refractivity (Wildman–Crippen MR) is 76.8 cm³/mol. The Hall–Kier alpha value is -1.29. The van der Waals surface area contributed by atoms with Gasteiger partial charge in [0.1, 0.15) is 5.01 Å². The number of hydrogen-bond acceptors (Lipinski definition) is 6. The van der Waals surface area contributed by atoms with E-state index in [1.165, 1.54) is 17.5 Å². The van der Waals surface area contributed by atoms with Crippen molar-refractivity contribution in [1.82, 2.24) is 25.2 Å². The summed E-state index contributed by atoms with van der Waals surface area (Å²) in [5.41, 5.74) is -0.190. The second-order valence-corrected chi connectivity index (χ2v) is 7.34. The Bertz CT molecular complexity index is 661. The van der Waals surface area contributed by atoms with Crippen LogP contribution in [0.4, 0.5) is 0 Å². The third-order valence-corrected chi connectivity index (χ3v) is 5.44. The number of sulfonamides is 1. The first-order valence-corrected chi connectivity index (χ1v) is 8.34. The molecular formula is C11H17N5O2S2. The van der Waals surface area contributed by atoms with Crippen LogP contribution in [0.25, 0.3) is 0 Å². The quantitative estimate of drug-likeness (QED) is 0.732. The van der Waals surface area contributed by atoms with Crippen molar-refractivity contribution >= 4 is 21.4 Å². The minimum absolute atomic E-state index is 0.0801. The lowest BCUT2D eigenvalue weighted by atomic mass is 10.1. The number of thiazole rings is 1. The lowest BCUT2D eigenvalue weighted by Crippen LogP contribution is -2.41. The van der Waals surface area contributed by atoms with E-state index >= 15 is 0 Å². The summed E-state index contributed by atoms with van der Waals surface area (Å²) in [6.07, 6.45) is 3.15. The van der Waals surface area contributed by atoms with Crippen LogP contribution in [0.2, 0.25) is 0 Å². The Balaban J connectivity index is 2.29. The van der Waals surface area contributed by atoms with Crippen LogP contribution in [0, 0.1) is 0 Å². The molecule has 20 heavy (non-hydrogen) atoms. The van der Waals surface area contributed by atoms with Crippen molar-refractivity contribution in [3.63, 3.8) is 0 Å². The molecule has 0 amide bonds. The van der Waals surface area contributed by atoms with Crippen molar-refractivity contribution in [1.29, 1.82) is 0 Å². The molecule has 2 aromatic heterocycles. The number of nitrogens with zero attached hydrogens (tertiary/aromatic N) is 2. The lowest BCUT2D eigenvalue weighted by molar-refractivity contribution is 0.467. The number of nitrogens with one attached hydrogen (secondary N) is 3. The highest BCUT2D eigenvalue weighted by Crippen LogP contribution is 2.25. The average Bonchev–Trinajstić information content (AvgIpc) is 2.98. The van der Waals surface area contributed by atoms with Gasteiger partial charge in [-0.15, -0.1) is 11.3 Å². The molecule has 0 aliphatic heterocycles. The Kier molecular flexibility index (Phi) is 4.23. The number of rotatable bonds is 6. The van der Waals surface area contributed by atoms with E-state index in [1.54, 1.807) is 27.1 Å². The summed E-state index contributed by atoms with van der Waals surface area (Å²) < 4.78 is 27.6. The summed E-state index contributed by atoms with van der Waals surface area (Å²) in [6, 6.07) is 0. The summed E-state index contributed by atoms with van der Waals surface area (Å²) in [7, 11) is -1.95. The third kappa shape index (κ3) is 3.06. The molecule has 0 aromatic carbocycles.